The molecule has 0 rings (SSSR count). The zero-order chi connectivity index (χ0) is 10.1. The van der Waals surface area contributed by atoms with Crippen LogP contribution in [0.15, 0.2) is 0 Å². The highest BCUT2D eigenvalue weighted by Gasteiger charge is 2.18. The summed E-state index contributed by atoms with van der Waals surface area (Å²) in [7, 11) is 1.75. The van der Waals surface area contributed by atoms with Gasteiger partial charge in [0.05, 0.1) is 18.8 Å². The molecule has 0 amide bonds. The van der Waals surface area contributed by atoms with E-state index >= 15 is 0 Å². The molecule has 0 aromatic carbocycles. The lowest BCUT2D eigenvalue weighted by molar-refractivity contribution is 0.0228. The Balaban J connectivity index is 3.88. The predicted molar refractivity (Wildman–Crippen MR) is 55.0 cm³/mol. The molecule has 0 radical (unpaired) electrons. The molecule has 0 saturated heterocycles. The zero-order valence-corrected chi connectivity index (χ0v) is 9.30. The summed E-state index contributed by atoms with van der Waals surface area (Å²) in [5, 5.41) is 3.37. The highest BCUT2D eigenvalue weighted by Crippen LogP contribution is 2.03. The Labute approximate surface area is 81.8 Å². The predicted octanol–water partition coefficient (Wildman–Crippen LogP) is 1.43. The van der Waals surface area contributed by atoms with Crippen molar-refractivity contribution < 1.29 is 9.47 Å². The van der Waals surface area contributed by atoms with E-state index in [1.165, 1.54) is 0 Å². The van der Waals surface area contributed by atoms with Gasteiger partial charge in [-0.15, -0.1) is 0 Å². The van der Waals surface area contributed by atoms with Crippen LogP contribution in [0, 0.1) is 0 Å². The summed E-state index contributed by atoms with van der Waals surface area (Å²) in [5.41, 5.74) is 0. The Hall–Kier alpha value is -0.120. The van der Waals surface area contributed by atoms with Crippen LogP contribution in [0.4, 0.5) is 0 Å². The molecule has 0 bridgehead atoms. The smallest absolute Gasteiger partial charge is 0.0744 e. The Kier molecular flexibility index (Phi) is 8.40. The first-order valence-electron chi connectivity index (χ1n) is 5.13. The molecule has 3 heteroatoms. The van der Waals surface area contributed by atoms with Crippen LogP contribution in [0.1, 0.15) is 27.2 Å². The molecular formula is C10H23NO2. The standard InChI is InChI=1S/C10H23NO2/c1-5-10(12-4)9(11-6-2)8-13-7-3/h9-11H,5-8H2,1-4H3. The summed E-state index contributed by atoms with van der Waals surface area (Å²) < 4.78 is 10.8. The van der Waals surface area contributed by atoms with E-state index in [9.17, 15) is 0 Å². The third-order valence-corrected chi connectivity index (χ3v) is 2.12. The molecule has 0 aromatic heterocycles. The number of rotatable bonds is 8. The van der Waals surface area contributed by atoms with Gasteiger partial charge in [0.2, 0.25) is 0 Å². The number of ether oxygens (including phenoxy) is 2. The second kappa shape index (κ2) is 8.48. The van der Waals surface area contributed by atoms with Gasteiger partial charge in [0.1, 0.15) is 0 Å². The first-order chi connectivity index (χ1) is 6.29. The summed E-state index contributed by atoms with van der Waals surface area (Å²) in [6.07, 6.45) is 1.27. The molecule has 0 spiro atoms. The van der Waals surface area contributed by atoms with Gasteiger partial charge in [0, 0.05) is 13.7 Å². The van der Waals surface area contributed by atoms with Gasteiger partial charge in [-0.25, -0.2) is 0 Å². The first-order valence-corrected chi connectivity index (χ1v) is 5.13. The van der Waals surface area contributed by atoms with Gasteiger partial charge in [-0.3, -0.25) is 0 Å². The largest absolute Gasteiger partial charge is 0.380 e. The van der Waals surface area contributed by atoms with Crippen molar-refractivity contribution in [2.45, 2.75) is 39.3 Å². The fourth-order valence-electron chi connectivity index (χ4n) is 1.42. The van der Waals surface area contributed by atoms with Gasteiger partial charge in [-0.05, 0) is 19.9 Å². The lowest BCUT2D eigenvalue weighted by Crippen LogP contribution is -2.44. The van der Waals surface area contributed by atoms with Crippen LogP contribution in [0.5, 0.6) is 0 Å². The number of hydrogen-bond acceptors (Lipinski definition) is 3. The normalized spacial score (nSPS) is 15.7. The molecule has 0 aliphatic carbocycles. The zero-order valence-electron chi connectivity index (χ0n) is 9.30. The van der Waals surface area contributed by atoms with Crippen LogP contribution in [-0.4, -0.2) is 39.0 Å². The van der Waals surface area contributed by atoms with Crippen LogP contribution in [-0.2, 0) is 9.47 Å². The third-order valence-electron chi connectivity index (χ3n) is 2.12. The summed E-state index contributed by atoms with van der Waals surface area (Å²) >= 11 is 0. The Morgan fingerprint density at radius 2 is 1.92 bits per heavy atom. The molecule has 0 saturated carbocycles. The maximum Gasteiger partial charge on any atom is 0.0744 e. The lowest BCUT2D eigenvalue weighted by atomic mass is 10.1. The highest BCUT2D eigenvalue weighted by molar-refractivity contribution is 4.75. The molecule has 0 aliphatic heterocycles. The van der Waals surface area contributed by atoms with Crippen LogP contribution in [0.2, 0.25) is 0 Å². The maximum atomic E-state index is 5.39. The summed E-state index contributed by atoms with van der Waals surface area (Å²) in [4.78, 5) is 0. The van der Waals surface area contributed by atoms with E-state index in [4.69, 9.17) is 9.47 Å². The van der Waals surface area contributed by atoms with E-state index in [1.54, 1.807) is 7.11 Å². The van der Waals surface area contributed by atoms with E-state index in [1.807, 2.05) is 6.92 Å². The van der Waals surface area contributed by atoms with Gasteiger partial charge in [0.25, 0.3) is 0 Å². The molecule has 2 atom stereocenters. The average Bonchev–Trinajstić information content (AvgIpc) is 2.16. The van der Waals surface area contributed by atoms with Crippen molar-refractivity contribution in [3.63, 3.8) is 0 Å². The molecule has 0 fully saturated rings. The Morgan fingerprint density at radius 3 is 2.31 bits per heavy atom. The SMILES string of the molecule is CCNC(COCC)C(CC)OC. The van der Waals surface area contributed by atoms with Gasteiger partial charge in [0.15, 0.2) is 0 Å². The van der Waals surface area contributed by atoms with Crippen molar-refractivity contribution in [2.24, 2.45) is 0 Å². The first kappa shape index (κ1) is 12.9. The fourth-order valence-corrected chi connectivity index (χ4v) is 1.42. The minimum absolute atomic E-state index is 0.256. The van der Waals surface area contributed by atoms with Crippen molar-refractivity contribution in [2.75, 3.05) is 26.9 Å². The average molecular weight is 189 g/mol. The maximum absolute atomic E-state index is 5.39. The molecule has 1 N–H and O–H groups in total. The quantitative estimate of drug-likeness (QED) is 0.626. The van der Waals surface area contributed by atoms with Crippen LogP contribution in [0.25, 0.3) is 0 Å². The molecule has 80 valence electrons. The van der Waals surface area contributed by atoms with Gasteiger partial charge in [-0.2, -0.15) is 0 Å². The molecule has 0 aromatic rings. The highest BCUT2D eigenvalue weighted by atomic mass is 16.5. The summed E-state index contributed by atoms with van der Waals surface area (Å²) in [5.74, 6) is 0. The monoisotopic (exact) mass is 189 g/mol. The fraction of sp³-hybridized carbons (Fsp3) is 1.00. The number of likely N-dealkylation sites (N-methyl/N-ethyl adjacent to an activating group) is 1. The molecule has 0 aliphatic rings. The second-order valence-corrected chi connectivity index (χ2v) is 3.01. The van der Waals surface area contributed by atoms with Crippen molar-refractivity contribution >= 4 is 0 Å². The molecule has 3 nitrogen and oxygen atoms in total. The Bertz CT molecular complexity index is 105. The van der Waals surface area contributed by atoms with Crippen molar-refractivity contribution in [3.8, 4) is 0 Å². The van der Waals surface area contributed by atoms with E-state index < -0.39 is 0 Å². The van der Waals surface area contributed by atoms with Crippen LogP contribution < -0.4 is 5.32 Å². The second-order valence-electron chi connectivity index (χ2n) is 3.01. The van der Waals surface area contributed by atoms with Crippen LogP contribution in [0.3, 0.4) is 0 Å². The van der Waals surface area contributed by atoms with Crippen molar-refractivity contribution in [1.29, 1.82) is 0 Å². The van der Waals surface area contributed by atoms with Gasteiger partial charge in [-0.1, -0.05) is 13.8 Å². The minimum Gasteiger partial charge on any atom is -0.380 e. The topological polar surface area (TPSA) is 30.5 Å². The molecule has 2 unspecified atom stereocenters. The van der Waals surface area contributed by atoms with Gasteiger partial charge < -0.3 is 14.8 Å². The minimum atomic E-state index is 0.256. The van der Waals surface area contributed by atoms with E-state index in [2.05, 4.69) is 19.2 Å². The number of methoxy groups -OCH3 is 1. The lowest BCUT2D eigenvalue weighted by Gasteiger charge is -2.25. The van der Waals surface area contributed by atoms with E-state index in [-0.39, 0.29) is 6.10 Å². The number of nitrogens with one attached hydrogen (secondary N) is 1. The molecule has 13 heavy (non-hydrogen) atoms. The van der Waals surface area contributed by atoms with E-state index in [0.29, 0.717) is 6.04 Å². The van der Waals surface area contributed by atoms with Crippen molar-refractivity contribution in [3.05, 3.63) is 0 Å². The van der Waals surface area contributed by atoms with E-state index in [0.717, 1.165) is 26.2 Å². The van der Waals surface area contributed by atoms with Gasteiger partial charge >= 0.3 is 0 Å². The van der Waals surface area contributed by atoms with Crippen LogP contribution >= 0.6 is 0 Å². The molecular weight excluding hydrogens is 166 g/mol. The third kappa shape index (κ3) is 5.24. The summed E-state index contributed by atoms with van der Waals surface area (Å²) in [6.45, 7) is 8.69. The number of hydrogen-bond donors (Lipinski definition) is 1. The summed E-state index contributed by atoms with van der Waals surface area (Å²) in [6, 6.07) is 0.319. The molecule has 0 heterocycles. The van der Waals surface area contributed by atoms with Crippen molar-refractivity contribution in [1.82, 2.24) is 5.32 Å². The Morgan fingerprint density at radius 1 is 1.23 bits per heavy atom.